The van der Waals surface area contributed by atoms with Gasteiger partial charge in [0, 0.05) is 50.9 Å². The first kappa shape index (κ1) is 27.8. The van der Waals surface area contributed by atoms with E-state index >= 15 is 0 Å². The van der Waals surface area contributed by atoms with Gasteiger partial charge in [0.1, 0.15) is 5.82 Å². The van der Waals surface area contributed by atoms with Crippen molar-refractivity contribution < 1.29 is 18.8 Å². The van der Waals surface area contributed by atoms with Gasteiger partial charge in [0.15, 0.2) is 0 Å². The minimum Gasteiger partial charge on any atom is -0.345 e. The second kappa shape index (κ2) is 12.2. The quantitative estimate of drug-likeness (QED) is 0.405. The number of likely N-dealkylation sites (tertiary alicyclic amines) is 2. The van der Waals surface area contributed by atoms with Crippen molar-refractivity contribution in [3.05, 3.63) is 100 Å². The lowest BCUT2D eigenvalue weighted by Gasteiger charge is -2.25. The first-order valence-electron chi connectivity index (χ1n) is 13.5. The fourth-order valence-electron chi connectivity index (χ4n) is 5.77. The second-order valence-corrected chi connectivity index (χ2v) is 11.0. The lowest BCUT2D eigenvalue weighted by atomic mass is 10.0. The molecule has 2 aliphatic rings. The molecular formula is C31H32ClFN4O3. The van der Waals surface area contributed by atoms with E-state index in [4.69, 9.17) is 11.6 Å². The van der Waals surface area contributed by atoms with Gasteiger partial charge in [-0.1, -0.05) is 48.0 Å². The summed E-state index contributed by atoms with van der Waals surface area (Å²) in [5.74, 6) is -0.638. The smallest absolute Gasteiger partial charge is 0.258 e. The summed E-state index contributed by atoms with van der Waals surface area (Å²) >= 11 is 6.13. The number of nitrogens with one attached hydrogen (secondary N) is 2. The Morgan fingerprint density at radius 3 is 2.23 bits per heavy atom. The first-order valence-corrected chi connectivity index (χ1v) is 13.9. The van der Waals surface area contributed by atoms with Crippen LogP contribution in [0.2, 0.25) is 5.02 Å². The molecule has 0 spiro atoms. The first-order chi connectivity index (χ1) is 19.3. The van der Waals surface area contributed by atoms with Gasteiger partial charge in [-0.2, -0.15) is 0 Å². The van der Waals surface area contributed by atoms with Crippen LogP contribution in [-0.4, -0.2) is 60.2 Å². The summed E-state index contributed by atoms with van der Waals surface area (Å²) in [6.45, 7) is 5.09. The van der Waals surface area contributed by atoms with E-state index < -0.39 is 5.82 Å². The van der Waals surface area contributed by atoms with Gasteiger partial charge in [-0.15, -0.1) is 0 Å². The van der Waals surface area contributed by atoms with Crippen molar-refractivity contribution in [2.45, 2.75) is 19.4 Å². The number of halogens is 2. The van der Waals surface area contributed by atoms with Gasteiger partial charge >= 0.3 is 0 Å². The van der Waals surface area contributed by atoms with E-state index in [0.717, 1.165) is 31.6 Å². The minimum absolute atomic E-state index is 0.0489. The molecule has 0 saturated carbocycles. The van der Waals surface area contributed by atoms with Gasteiger partial charge in [-0.25, -0.2) is 4.39 Å². The molecule has 2 heterocycles. The Bertz CT molecular complexity index is 1350. The molecule has 2 saturated heterocycles. The molecule has 3 atom stereocenters. The zero-order valence-corrected chi connectivity index (χ0v) is 23.0. The molecule has 2 unspecified atom stereocenters. The molecule has 0 bridgehead atoms. The summed E-state index contributed by atoms with van der Waals surface area (Å²) in [4.78, 5) is 41.5. The van der Waals surface area contributed by atoms with E-state index in [1.54, 1.807) is 35.2 Å². The van der Waals surface area contributed by atoms with Gasteiger partial charge < -0.3 is 20.4 Å². The van der Waals surface area contributed by atoms with Crippen LogP contribution >= 0.6 is 11.6 Å². The van der Waals surface area contributed by atoms with Gasteiger partial charge in [-0.05, 0) is 60.2 Å². The molecule has 40 heavy (non-hydrogen) atoms. The third kappa shape index (κ3) is 6.35. The average molecular weight is 563 g/mol. The number of hydrogen-bond acceptors (Lipinski definition) is 4. The van der Waals surface area contributed by atoms with Crippen molar-refractivity contribution in [1.29, 1.82) is 0 Å². The third-order valence-electron chi connectivity index (χ3n) is 7.73. The van der Waals surface area contributed by atoms with E-state index in [2.05, 4.69) is 15.5 Å². The van der Waals surface area contributed by atoms with Crippen LogP contribution in [0.5, 0.6) is 0 Å². The maximum absolute atomic E-state index is 14.3. The number of nitrogens with zero attached hydrogens (tertiary/aromatic N) is 2. The van der Waals surface area contributed by atoms with E-state index in [1.807, 2.05) is 30.3 Å². The Morgan fingerprint density at radius 2 is 1.60 bits per heavy atom. The molecule has 3 aromatic rings. The summed E-state index contributed by atoms with van der Waals surface area (Å²) in [5.41, 5.74) is 2.14. The molecule has 3 aromatic carbocycles. The molecule has 7 nitrogen and oxygen atoms in total. The van der Waals surface area contributed by atoms with Crippen LogP contribution in [0.3, 0.4) is 0 Å². The van der Waals surface area contributed by atoms with Crippen LogP contribution in [0, 0.1) is 17.7 Å². The molecule has 208 valence electrons. The van der Waals surface area contributed by atoms with Crippen molar-refractivity contribution in [2.75, 3.05) is 38.0 Å². The zero-order chi connectivity index (χ0) is 28.2. The fourth-order valence-corrected chi connectivity index (χ4v) is 6.01. The SMILES string of the molecule is CC(=O)Nc1ccc(C(=O)NC(CCN2CC3CN(C(=O)c4c(F)cccc4Cl)C[C@@H]3C2)c2ccccc2)cc1. The number of hydrogen-bond donors (Lipinski definition) is 2. The molecule has 2 N–H and O–H groups in total. The Labute approximate surface area is 238 Å². The Balaban J connectivity index is 1.18. The molecule has 0 aromatic heterocycles. The number of fused-ring (bicyclic) bond motifs is 1. The number of amides is 3. The lowest BCUT2D eigenvalue weighted by molar-refractivity contribution is -0.114. The number of anilines is 1. The highest BCUT2D eigenvalue weighted by Gasteiger charge is 2.42. The van der Waals surface area contributed by atoms with Crippen molar-refractivity contribution in [1.82, 2.24) is 15.1 Å². The van der Waals surface area contributed by atoms with Gasteiger partial charge in [0.2, 0.25) is 5.91 Å². The van der Waals surface area contributed by atoms with E-state index in [-0.39, 0.29) is 34.3 Å². The largest absolute Gasteiger partial charge is 0.345 e. The topological polar surface area (TPSA) is 81.8 Å². The lowest BCUT2D eigenvalue weighted by Crippen LogP contribution is -2.35. The Hall–Kier alpha value is -3.75. The minimum atomic E-state index is -0.589. The summed E-state index contributed by atoms with van der Waals surface area (Å²) in [5, 5.41) is 6.03. The molecule has 9 heteroatoms. The maximum Gasteiger partial charge on any atom is 0.258 e. The molecule has 2 aliphatic heterocycles. The highest BCUT2D eigenvalue weighted by molar-refractivity contribution is 6.33. The fraction of sp³-hybridized carbons (Fsp3) is 0.323. The summed E-state index contributed by atoms with van der Waals surface area (Å²) in [6, 6.07) is 20.9. The molecule has 3 amide bonds. The highest BCUT2D eigenvalue weighted by atomic mass is 35.5. The van der Waals surface area contributed by atoms with Crippen LogP contribution in [-0.2, 0) is 4.79 Å². The Kier molecular flexibility index (Phi) is 8.47. The van der Waals surface area contributed by atoms with Crippen LogP contribution in [0.1, 0.15) is 45.7 Å². The summed E-state index contributed by atoms with van der Waals surface area (Å²) in [7, 11) is 0. The van der Waals surface area contributed by atoms with E-state index in [1.165, 1.54) is 19.1 Å². The molecule has 0 radical (unpaired) electrons. The maximum atomic E-state index is 14.3. The van der Waals surface area contributed by atoms with E-state index in [9.17, 15) is 18.8 Å². The van der Waals surface area contributed by atoms with Crippen LogP contribution in [0.25, 0.3) is 0 Å². The monoisotopic (exact) mass is 562 g/mol. The van der Waals surface area contributed by atoms with Crippen molar-refractivity contribution in [3.8, 4) is 0 Å². The van der Waals surface area contributed by atoms with Crippen molar-refractivity contribution in [2.24, 2.45) is 11.8 Å². The number of carbonyl (C=O) groups is 3. The van der Waals surface area contributed by atoms with Gasteiger partial charge in [0.05, 0.1) is 16.6 Å². The van der Waals surface area contributed by atoms with Crippen LogP contribution < -0.4 is 10.6 Å². The van der Waals surface area contributed by atoms with Crippen LogP contribution in [0.15, 0.2) is 72.8 Å². The molecular weight excluding hydrogens is 531 g/mol. The van der Waals surface area contributed by atoms with Crippen molar-refractivity contribution >= 4 is 35.0 Å². The van der Waals surface area contributed by atoms with E-state index in [0.29, 0.717) is 36.2 Å². The molecule has 5 rings (SSSR count). The van der Waals surface area contributed by atoms with Gasteiger partial charge in [-0.3, -0.25) is 14.4 Å². The summed E-state index contributed by atoms with van der Waals surface area (Å²) in [6.07, 6.45) is 0.729. The third-order valence-corrected chi connectivity index (χ3v) is 8.05. The van der Waals surface area contributed by atoms with Gasteiger partial charge in [0.25, 0.3) is 11.8 Å². The average Bonchev–Trinajstić information content (AvgIpc) is 3.50. The number of rotatable bonds is 8. The predicted molar refractivity (Wildman–Crippen MR) is 153 cm³/mol. The summed E-state index contributed by atoms with van der Waals surface area (Å²) < 4.78 is 14.3. The highest BCUT2D eigenvalue weighted by Crippen LogP contribution is 2.34. The second-order valence-electron chi connectivity index (χ2n) is 10.6. The normalized spacial score (nSPS) is 19.2. The van der Waals surface area contributed by atoms with Crippen molar-refractivity contribution in [3.63, 3.8) is 0 Å². The molecule has 0 aliphatic carbocycles. The number of carbonyl (C=O) groups excluding carboxylic acids is 3. The van der Waals surface area contributed by atoms with Crippen LogP contribution in [0.4, 0.5) is 10.1 Å². The standard InChI is InChI=1S/C31H32ClFN4O3/c1-20(38)34-25-12-10-22(11-13-25)30(39)35-28(21-6-3-2-4-7-21)14-15-36-16-23-18-37(19-24(23)17-36)31(40)29-26(32)8-5-9-27(29)33/h2-13,23-24,28H,14-19H2,1H3,(H,34,38)(H,35,39)/t23-,24?,28?/m0/s1. The zero-order valence-electron chi connectivity index (χ0n) is 22.3. The predicted octanol–water partition coefficient (Wildman–Crippen LogP) is 5.00. The Morgan fingerprint density at radius 1 is 0.925 bits per heavy atom. The number of benzene rings is 3. The molecule has 2 fully saturated rings.